The number of unbranched alkanes of at least 4 members (excludes halogenated alkanes) is 1. The van der Waals surface area contributed by atoms with Crippen LogP contribution in [-0.4, -0.2) is 69.1 Å². The number of nitrogens with one attached hydrogen (secondary N) is 1. The number of piperazine rings is 1. The summed E-state index contributed by atoms with van der Waals surface area (Å²) >= 11 is 0. The smallest absolute Gasteiger partial charge is 0.227 e. The summed E-state index contributed by atoms with van der Waals surface area (Å²) in [6.07, 6.45) is 2.28. The van der Waals surface area contributed by atoms with Gasteiger partial charge in [-0.1, -0.05) is 12.1 Å². The van der Waals surface area contributed by atoms with Gasteiger partial charge in [-0.15, -0.1) is 0 Å². The Labute approximate surface area is 209 Å². The van der Waals surface area contributed by atoms with Crippen LogP contribution in [0.2, 0.25) is 0 Å². The third-order valence-electron chi connectivity index (χ3n) is 6.89. The predicted octanol–water partition coefficient (Wildman–Crippen LogP) is 3.47. The van der Waals surface area contributed by atoms with Gasteiger partial charge in [0.15, 0.2) is 0 Å². The normalized spacial score (nSPS) is 18.7. The van der Waals surface area contributed by atoms with Gasteiger partial charge in [-0.3, -0.25) is 14.5 Å². The highest BCUT2D eigenvalue weighted by Gasteiger charge is 2.35. The number of rotatable bonds is 10. The number of ether oxygens (including phenoxy) is 1. The van der Waals surface area contributed by atoms with Gasteiger partial charge in [0.05, 0.1) is 12.5 Å². The standard InChI is InChI=1S/C28H38N4O3/c1-3-35-26-11-9-24(10-12-26)32-21-23(20-27(32)33)28(34)29-13-4-5-14-30-15-17-31(18-16-30)25-8-6-7-22(2)19-25/h6-12,19,23H,3-5,13-18,20-21H2,1-2H3,(H,29,34). The molecule has 2 aliphatic heterocycles. The van der Waals surface area contributed by atoms with E-state index in [0.717, 1.165) is 57.0 Å². The molecule has 2 aromatic rings. The Morgan fingerprint density at radius 3 is 2.51 bits per heavy atom. The lowest BCUT2D eigenvalue weighted by atomic mass is 10.1. The van der Waals surface area contributed by atoms with Crippen molar-refractivity contribution in [1.29, 1.82) is 0 Å². The maximum Gasteiger partial charge on any atom is 0.227 e. The van der Waals surface area contributed by atoms with Crippen molar-refractivity contribution in [3.05, 3.63) is 54.1 Å². The zero-order chi connectivity index (χ0) is 24.6. The fraction of sp³-hybridized carbons (Fsp3) is 0.500. The van der Waals surface area contributed by atoms with Gasteiger partial charge in [0.25, 0.3) is 0 Å². The first-order valence-electron chi connectivity index (χ1n) is 12.9. The Morgan fingerprint density at radius 1 is 1.03 bits per heavy atom. The van der Waals surface area contributed by atoms with Crippen LogP contribution in [-0.2, 0) is 9.59 Å². The van der Waals surface area contributed by atoms with E-state index in [4.69, 9.17) is 4.74 Å². The second-order valence-electron chi connectivity index (χ2n) is 9.50. The quantitative estimate of drug-likeness (QED) is 0.530. The minimum Gasteiger partial charge on any atom is -0.494 e. The van der Waals surface area contributed by atoms with Crippen molar-refractivity contribution < 1.29 is 14.3 Å². The maximum atomic E-state index is 12.6. The largest absolute Gasteiger partial charge is 0.494 e. The van der Waals surface area contributed by atoms with Gasteiger partial charge < -0.3 is 19.9 Å². The molecular weight excluding hydrogens is 440 g/mol. The summed E-state index contributed by atoms with van der Waals surface area (Å²) in [5.41, 5.74) is 3.44. The molecule has 0 spiro atoms. The summed E-state index contributed by atoms with van der Waals surface area (Å²) in [5, 5.41) is 3.05. The molecule has 2 amide bonds. The number of nitrogens with zero attached hydrogens (tertiary/aromatic N) is 3. The summed E-state index contributed by atoms with van der Waals surface area (Å²) < 4.78 is 5.47. The fourth-order valence-electron chi connectivity index (χ4n) is 4.89. The number of carbonyl (C=O) groups excluding carboxylic acids is 2. The van der Waals surface area contributed by atoms with Crippen LogP contribution in [0.3, 0.4) is 0 Å². The van der Waals surface area contributed by atoms with Crippen molar-refractivity contribution in [1.82, 2.24) is 10.2 Å². The van der Waals surface area contributed by atoms with Crippen LogP contribution < -0.4 is 19.9 Å². The second-order valence-corrected chi connectivity index (χ2v) is 9.50. The molecule has 7 nitrogen and oxygen atoms in total. The van der Waals surface area contributed by atoms with Crippen molar-refractivity contribution in [2.24, 2.45) is 5.92 Å². The summed E-state index contributed by atoms with van der Waals surface area (Å²) in [6.45, 7) is 11.1. The van der Waals surface area contributed by atoms with E-state index in [-0.39, 0.29) is 24.2 Å². The predicted molar refractivity (Wildman–Crippen MR) is 140 cm³/mol. The highest BCUT2D eigenvalue weighted by Crippen LogP contribution is 2.27. The highest BCUT2D eigenvalue weighted by atomic mass is 16.5. The minimum atomic E-state index is -0.288. The summed E-state index contributed by atoms with van der Waals surface area (Å²) in [6, 6.07) is 16.2. The number of anilines is 2. The Morgan fingerprint density at radius 2 is 1.80 bits per heavy atom. The van der Waals surface area contributed by atoms with E-state index in [9.17, 15) is 9.59 Å². The van der Waals surface area contributed by atoms with E-state index >= 15 is 0 Å². The Balaban J connectivity index is 1.12. The maximum absolute atomic E-state index is 12.6. The third-order valence-corrected chi connectivity index (χ3v) is 6.89. The number of benzene rings is 2. The van der Waals surface area contributed by atoms with Crippen LogP contribution in [0.1, 0.15) is 31.7 Å². The molecule has 7 heteroatoms. The Bertz CT molecular complexity index is 986. The molecule has 2 aliphatic rings. The molecule has 1 N–H and O–H groups in total. The molecular formula is C28H38N4O3. The molecule has 0 bridgehead atoms. The van der Waals surface area contributed by atoms with Gasteiger partial charge in [-0.2, -0.15) is 0 Å². The van der Waals surface area contributed by atoms with E-state index in [1.54, 1.807) is 4.90 Å². The first-order chi connectivity index (χ1) is 17.0. The molecule has 4 rings (SSSR count). The van der Waals surface area contributed by atoms with Gasteiger partial charge in [0.1, 0.15) is 5.75 Å². The van der Waals surface area contributed by atoms with Crippen LogP contribution in [0.5, 0.6) is 5.75 Å². The summed E-state index contributed by atoms with van der Waals surface area (Å²) in [5.74, 6) is 0.479. The first kappa shape index (κ1) is 25.0. The van der Waals surface area contributed by atoms with Crippen LogP contribution >= 0.6 is 0 Å². The van der Waals surface area contributed by atoms with Crippen molar-refractivity contribution in [2.75, 3.05) is 62.2 Å². The molecule has 35 heavy (non-hydrogen) atoms. The zero-order valence-electron chi connectivity index (χ0n) is 21.0. The molecule has 0 aromatic heterocycles. The zero-order valence-corrected chi connectivity index (χ0v) is 21.0. The molecule has 2 heterocycles. The van der Waals surface area contributed by atoms with Gasteiger partial charge >= 0.3 is 0 Å². The van der Waals surface area contributed by atoms with Crippen LogP contribution in [0.25, 0.3) is 0 Å². The van der Waals surface area contributed by atoms with Crippen molar-refractivity contribution >= 4 is 23.2 Å². The number of hydrogen-bond donors (Lipinski definition) is 1. The van der Waals surface area contributed by atoms with Crippen molar-refractivity contribution in [2.45, 2.75) is 33.1 Å². The molecule has 2 aromatic carbocycles. The molecule has 2 saturated heterocycles. The van der Waals surface area contributed by atoms with E-state index in [0.29, 0.717) is 19.7 Å². The topological polar surface area (TPSA) is 65.1 Å². The molecule has 1 unspecified atom stereocenters. The van der Waals surface area contributed by atoms with E-state index in [1.165, 1.54) is 11.3 Å². The molecule has 0 aliphatic carbocycles. The number of amides is 2. The Hall–Kier alpha value is -3.06. The number of carbonyl (C=O) groups is 2. The van der Waals surface area contributed by atoms with Gasteiger partial charge in [-0.25, -0.2) is 0 Å². The highest BCUT2D eigenvalue weighted by molar-refractivity contribution is 6.00. The monoisotopic (exact) mass is 478 g/mol. The number of hydrogen-bond acceptors (Lipinski definition) is 5. The SMILES string of the molecule is CCOc1ccc(N2CC(C(=O)NCCCCN3CCN(c4cccc(C)c4)CC3)CC2=O)cc1. The average Bonchev–Trinajstić information content (AvgIpc) is 3.26. The van der Waals surface area contributed by atoms with Crippen LogP contribution in [0, 0.1) is 12.8 Å². The van der Waals surface area contributed by atoms with Gasteiger partial charge in [0.2, 0.25) is 11.8 Å². The molecule has 2 fully saturated rings. The van der Waals surface area contributed by atoms with E-state index < -0.39 is 0 Å². The van der Waals surface area contributed by atoms with E-state index in [1.807, 2.05) is 31.2 Å². The van der Waals surface area contributed by atoms with Crippen molar-refractivity contribution in [3.63, 3.8) is 0 Å². The van der Waals surface area contributed by atoms with E-state index in [2.05, 4.69) is 46.3 Å². The first-order valence-corrected chi connectivity index (χ1v) is 12.9. The Kier molecular flexibility index (Phi) is 8.64. The van der Waals surface area contributed by atoms with Gasteiger partial charge in [-0.05, 0) is 75.2 Å². The molecule has 1 atom stereocenters. The lowest BCUT2D eigenvalue weighted by Crippen LogP contribution is -2.46. The van der Waals surface area contributed by atoms with Gasteiger partial charge in [0, 0.05) is 57.1 Å². The van der Waals surface area contributed by atoms with Crippen LogP contribution in [0.15, 0.2) is 48.5 Å². The summed E-state index contributed by atoms with van der Waals surface area (Å²) in [4.78, 5) is 31.8. The minimum absolute atomic E-state index is 0.000819. The summed E-state index contributed by atoms with van der Waals surface area (Å²) in [7, 11) is 0. The van der Waals surface area contributed by atoms with Crippen LogP contribution in [0.4, 0.5) is 11.4 Å². The lowest BCUT2D eigenvalue weighted by molar-refractivity contribution is -0.126. The number of aryl methyl sites for hydroxylation is 1. The average molecular weight is 479 g/mol. The molecule has 0 saturated carbocycles. The van der Waals surface area contributed by atoms with Crippen molar-refractivity contribution in [3.8, 4) is 5.75 Å². The lowest BCUT2D eigenvalue weighted by Gasteiger charge is -2.36. The molecule has 0 radical (unpaired) electrons. The second kappa shape index (κ2) is 12.1. The fourth-order valence-corrected chi connectivity index (χ4v) is 4.89. The third kappa shape index (κ3) is 6.75. The molecule has 188 valence electrons.